The fourth-order valence-electron chi connectivity index (χ4n) is 3.87. The summed E-state index contributed by atoms with van der Waals surface area (Å²) in [6.45, 7) is 2.79. The number of esters is 1. The highest BCUT2D eigenvalue weighted by Crippen LogP contribution is 2.32. The van der Waals surface area contributed by atoms with E-state index in [1.807, 2.05) is 6.92 Å². The van der Waals surface area contributed by atoms with Crippen LogP contribution < -0.4 is 0 Å². The number of carbonyl (C=O) groups excluding carboxylic acids is 1. The van der Waals surface area contributed by atoms with Crippen molar-refractivity contribution >= 4 is 5.97 Å². The highest BCUT2D eigenvalue weighted by atomic mass is 16.6. The van der Waals surface area contributed by atoms with E-state index in [2.05, 4.69) is 0 Å². The molecule has 0 aromatic carbocycles. The van der Waals surface area contributed by atoms with Crippen molar-refractivity contribution in [2.75, 3.05) is 13.2 Å². The van der Waals surface area contributed by atoms with Gasteiger partial charge in [0.1, 0.15) is 6.61 Å². The maximum absolute atomic E-state index is 12.1. The Morgan fingerprint density at radius 1 is 1.04 bits per heavy atom. The number of rotatable bonds is 8. The Balaban J connectivity index is 1.52. The van der Waals surface area contributed by atoms with Gasteiger partial charge in [0.15, 0.2) is 0 Å². The third-order valence-corrected chi connectivity index (χ3v) is 5.41. The van der Waals surface area contributed by atoms with E-state index >= 15 is 0 Å². The molecule has 134 valence electrons. The van der Waals surface area contributed by atoms with E-state index in [0.717, 1.165) is 51.4 Å². The van der Waals surface area contributed by atoms with Crippen LogP contribution in [0.1, 0.15) is 77.6 Å². The first-order valence-electron chi connectivity index (χ1n) is 9.61. The standard InChI is InChI=1S/C19H34O4/c1-15(20)7-8-16-9-11-17(12-10-16)19(21)23-14-13-22-18-5-3-2-4-6-18/h15-18,20H,2-14H2,1H3. The van der Waals surface area contributed by atoms with Crippen LogP contribution in [0.15, 0.2) is 0 Å². The van der Waals surface area contributed by atoms with Crippen LogP contribution in [0.5, 0.6) is 0 Å². The van der Waals surface area contributed by atoms with Gasteiger partial charge in [0.05, 0.1) is 24.7 Å². The van der Waals surface area contributed by atoms with Crippen molar-refractivity contribution < 1.29 is 19.4 Å². The van der Waals surface area contributed by atoms with E-state index in [-0.39, 0.29) is 18.0 Å². The van der Waals surface area contributed by atoms with Gasteiger partial charge in [0.25, 0.3) is 0 Å². The Morgan fingerprint density at radius 3 is 2.39 bits per heavy atom. The molecule has 0 aromatic heterocycles. The van der Waals surface area contributed by atoms with Crippen molar-refractivity contribution in [2.24, 2.45) is 11.8 Å². The number of hydrogen-bond donors (Lipinski definition) is 1. The van der Waals surface area contributed by atoms with Crippen molar-refractivity contribution in [1.29, 1.82) is 0 Å². The summed E-state index contributed by atoms with van der Waals surface area (Å²) in [4.78, 5) is 12.1. The minimum Gasteiger partial charge on any atom is -0.463 e. The van der Waals surface area contributed by atoms with Gasteiger partial charge < -0.3 is 14.6 Å². The van der Waals surface area contributed by atoms with Crippen molar-refractivity contribution in [1.82, 2.24) is 0 Å². The van der Waals surface area contributed by atoms with E-state index < -0.39 is 0 Å². The van der Waals surface area contributed by atoms with Crippen LogP contribution in [0.2, 0.25) is 0 Å². The Morgan fingerprint density at radius 2 is 1.74 bits per heavy atom. The molecule has 4 nitrogen and oxygen atoms in total. The van der Waals surface area contributed by atoms with Crippen LogP contribution in [-0.4, -0.2) is 36.5 Å². The van der Waals surface area contributed by atoms with Crippen LogP contribution in [0, 0.1) is 11.8 Å². The van der Waals surface area contributed by atoms with Crippen molar-refractivity contribution in [3.8, 4) is 0 Å². The summed E-state index contributed by atoms with van der Waals surface area (Å²) < 4.78 is 11.2. The quantitative estimate of drug-likeness (QED) is 0.544. The summed E-state index contributed by atoms with van der Waals surface area (Å²) in [5.74, 6) is 0.710. The molecule has 0 bridgehead atoms. The first-order chi connectivity index (χ1) is 11.1. The normalized spacial score (nSPS) is 27.6. The smallest absolute Gasteiger partial charge is 0.309 e. The zero-order chi connectivity index (χ0) is 16.5. The third kappa shape index (κ3) is 7.21. The predicted octanol–water partition coefficient (Wildman–Crippen LogP) is 3.85. The monoisotopic (exact) mass is 326 g/mol. The molecule has 1 unspecified atom stereocenters. The molecule has 2 rings (SSSR count). The Labute approximate surface area is 140 Å². The molecular weight excluding hydrogens is 292 g/mol. The summed E-state index contributed by atoms with van der Waals surface area (Å²) in [6, 6.07) is 0. The maximum Gasteiger partial charge on any atom is 0.309 e. The summed E-state index contributed by atoms with van der Waals surface area (Å²) in [6.07, 6.45) is 12.4. The molecule has 0 heterocycles. The molecule has 0 radical (unpaired) electrons. The fourth-order valence-corrected chi connectivity index (χ4v) is 3.87. The Hall–Kier alpha value is -0.610. The number of aliphatic hydroxyl groups excluding tert-OH is 1. The van der Waals surface area contributed by atoms with E-state index in [1.165, 1.54) is 19.3 Å². The molecule has 0 aliphatic heterocycles. The molecule has 23 heavy (non-hydrogen) atoms. The number of hydrogen-bond acceptors (Lipinski definition) is 4. The molecule has 0 aromatic rings. The lowest BCUT2D eigenvalue weighted by Gasteiger charge is -2.27. The zero-order valence-corrected chi connectivity index (χ0v) is 14.7. The predicted molar refractivity (Wildman–Crippen MR) is 90.1 cm³/mol. The fraction of sp³-hybridized carbons (Fsp3) is 0.947. The summed E-state index contributed by atoms with van der Waals surface area (Å²) in [5.41, 5.74) is 0. The molecule has 2 fully saturated rings. The van der Waals surface area contributed by atoms with E-state index in [0.29, 0.717) is 25.2 Å². The lowest BCUT2D eigenvalue weighted by Crippen LogP contribution is -2.26. The van der Waals surface area contributed by atoms with Gasteiger partial charge in [-0.1, -0.05) is 19.3 Å². The molecule has 1 atom stereocenters. The molecule has 0 amide bonds. The van der Waals surface area contributed by atoms with Gasteiger partial charge in [0.2, 0.25) is 0 Å². The highest BCUT2D eigenvalue weighted by Gasteiger charge is 2.27. The van der Waals surface area contributed by atoms with Crippen molar-refractivity contribution in [2.45, 2.75) is 89.8 Å². The van der Waals surface area contributed by atoms with E-state index in [1.54, 1.807) is 0 Å². The van der Waals surface area contributed by atoms with Gasteiger partial charge >= 0.3 is 5.97 Å². The molecule has 2 aliphatic rings. The van der Waals surface area contributed by atoms with Crippen LogP contribution in [0.3, 0.4) is 0 Å². The first kappa shape index (κ1) is 18.7. The molecule has 4 heteroatoms. The number of ether oxygens (including phenoxy) is 2. The molecule has 2 saturated carbocycles. The summed E-state index contributed by atoms with van der Waals surface area (Å²) >= 11 is 0. The summed E-state index contributed by atoms with van der Waals surface area (Å²) in [5, 5.41) is 9.35. The summed E-state index contributed by atoms with van der Waals surface area (Å²) in [7, 11) is 0. The Bertz CT molecular complexity index is 328. The van der Waals surface area contributed by atoms with Gasteiger partial charge in [-0.2, -0.15) is 0 Å². The SMILES string of the molecule is CC(O)CCC1CCC(C(=O)OCCOC2CCCCC2)CC1. The molecule has 0 spiro atoms. The van der Waals surface area contributed by atoms with Crippen LogP contribution in [-0.2, 0) is 14.3 Å². The van der Waals surface area contributed by atoms with E-state index in [9.17, 15) is 9.90 Å². The average molecular weight is 326 g/mol. The lowest BCUT2D eigenvalue weighted by atomic mass is 9.80. The second-order valence-corrected chi connectivity index (χ2v) is 7.44. The van der Waals surface area contributed by atoms with Gasteiger partial charge in [-0.15, -0.1) is 0 Å². The second-order valence-electron chi connectivity index (χ2n) is 7.44. The van der Waals surface area contributed by atoms with Crippen molar-refractivity contribution in [3.63, 3.8) is 0 Å². The van der Waals surface area contributed by atoms with Crippen LogP contribution in [0.4, 0.5) is 0 Å². The third-order valence-electron chi connectivity index (χ3n) is 5.41. The highest BCUT2D eigenvalue weighted by molar-refractivity contribution is 5.72. The van der Waals surface area contributed by atoms with Crippen LogP contribution in [0.25, 0.3) is 0 Å². The van der Waals surface area contributed by atoms with Gasteiger partial charge in [0, 0.05) is 0 Å². The molecule has 0 saturated heterocycles. The molecule has 1 N–H and O–H groups in total. The van der Waals surface area contributed by atoms with Gasteiger partial charge in [-0.3, -0.25) is 4.79 Å². The van der Waals surface area contributed by atoms with Crippen molar-refractivity contribution in [3.05, 3.63) is 0 Å². The number of carbonyl (C=O) groups is 1. The number of aliphatic hydroxyl groups is 1. The largest absolute Gasteiger partial charge is 0.463 e. The zero-order valence-electron chi connectivity index (χ0n) is 14.7. The average Bonchev–Trinajstić information content (AvgIpc) is 2.58. The van der Waals surface area contributed by atoms with Gasteiger partial charge in [-0.05, 0) is 64.2 Å². The maximum atomic E-state index is 12.1. The molecular formula is C19H34O4. The minimum absolute atomic E-state index is 0.0359. The Kier molecular flexibility index (Phi) is 8.38. The van der Waals surface area contributed by atoms with Crippen LogP contribution >= 0.6 is 0 Å². The lowest BCUT2D eigenvalue weighted by molar-refractivity contribution is -0.152. The van der Waals surface area contributed by atoms with E-state index in [4.69, 9.17) is 9.47 Å². The minimum atomic E-state index is -0.207. The van der Waals surface area contributed by atoms with Gasteiger partial charge in [-0.25, -0.2) is 0 Å². The molecule has 2 aliphatic carbocycles. The second kappa shape index (κ2) is 10.3. The first-order valence-corrected chi connectivity index (χ1v) is 9.61. The topological polar surface area (TPSA) is 55.8 Å².